The van der Waals surface area contributed by atoms with Crippen LogP contribution < -0.4 is 9.64 Å². The number of fused-ring (bicyclic) bond motifs is 1. The molecular weight excluding hydrogens is 309 g/mol. The van der Waals surface area contributed by atoms with Gasteiger partial charge in [-0.3, -0.25) is 0 Å². The highest BCUT2D eigenvalue weighted by atomic mass is 19.4. The summed E-state index contributed by atoms with van der Waals surface area (Å²) in [5.74, 6) is 0.445. The Kier molecular flexibility index (Phi) is 3.63. The molecule has 4 nitrogen and oxygen atoms in total. The molecule has 0 fully saturated rings. The summed E-state index contributed by atoms with van der Waals surface area (Å²) in [6, 6.07) is 11.2. The Labute approximate surface area is 130 Å². The fourth-order valence-corrected chi connectivity index (χ4v) is 2.28. The molecule has 0 amide bonds. The van der Waals surface area contributed by atoms with Crippen LogP contribution in [0.3, 0.4) is 0 Å². The molecule has 0 atom stereocenters. The van der Waals surface area contributed by atoms with E-state index in [-0.39, 0.29) is 5.75 Å². The molecule has 0 aliphatic carbocycles. The summed E-state index contributed by atoms with van der Waals surface area (Å²) in [5, 5.41) is 4.83. The van der Waals surface area contributed by atoms with Crippen molar-refractivity contribution in [3.63, 3.8) is 0 Å². The van der Waals surface area contributed by atoms with E-state index in [4.69, 9.17) is 4.52 Å². The lowest BCUT2D eigenvalue weighted by Gasteiger charge is -2.10. The molecule has 0 spiro atoms. The number of anilines is 1. The lowest BCUT2D eigenvalue weighted by Crippen LogP contribution is -2.16. The van der Waals surface area contributed by atoms with Crippen molar-refractivity contribution in [1.29, 1.82) is 0 Å². The number of halogens is 3. The third-order valence-corrected chi connectivity index (χ3v) is 3.30. The molecule has 0 unspecified atom stereocenters. The van der Waals surface area contributed by atoms with Crippen molar-refractivity contribution in [2.24, 2.45) is 0 Å². The van der Waals surface area contributed by atoms with Crippen molar-refractivity contribution in [2.75, 3.05) is 19.0 Å². The molecule has 0 aliphatic heterocycles. The Bertz CT molecular complexity index is 823. The Balaban J connectivity index is 1.95. The van der Waals surface area contributed by atoms with E-state index in [9.17, 15) is 13.2 Å². The standard InChI is InChI=1S/C16H13F3N2O2/c1-21(2)15-13-9-11(5-8-14(13)23-20-15)10-3-6-12(7-4-10)22-16(17,18)19/h3-9H,1-2H3. The average molecular weight is 322 g/mol. The van der Waals surface area contributed by atoms with E-state index in [1.54, 1.807) is 18.2 Å². The maximum atomic E-state index is 12.2. The third-order valence-electron chi connectivity index (χ3n) is 3.30. The van der Waals surface area contributed by atoms with Crippen LogP contribution in [0.2, 0.25) is 0 Å². The zero-order valence-electron chi connectivity index (χ0n) is 12.4. The fourth-order valence-electron chi connectivity index (χ4n) is 2.28. The summed E-state index contributed by atoms with van der Waals surface area (Å²) in [6.45, 7) is 0. The highest BCUT2D eigenvalue weighted by Gasteiger charge is 2.30. The summed E-state index contributed by atoms with van der Waals surface area (Å²) >= 11 is 0. The first-order chi connectivity index (χ1) is 10.8. The summed E-state index contributed by atoms with van der Waals surface area (Å²) in [5.41, 5.74) is 2.27. The zero-order valence-corrected chi connectivity index (χ0v) is 12.4. The van der Waals surface area contributed by atoms with Gasteiger partial charge in [-0.15, -0.1) is 13.2 Å². The van der Waals surface area contributed by atoms with Crippen molar-refractivity contribution in [1.82, 2.24) is 5.16 Å². The van der Waals surface area contributed by atoms with Crippen LogP contribution in [0, 0.1) is 0 Å². The number of nitrogens with zero attached hydrogens (tertiary/aromatic N) is 2. The third kappa shape index (κ3) is 3.23. The minimum atomic E-state index is -4.69. The van der Waals surface area contributed by atoms with Gasteiger partial charge in [0.2, 0.25) is 0 Å². The van der Waals surface area contributed by atoms with E-state index in [0.29, 0.717) is 11.4 Å². The molecule has 3 rings (SSSR count). The molecule has 0 N–H and O–H groups in total. The molecule has 1 aromatic heterocycles. The van der Waals surface area contributed by atoms with Crippen LogP contribution in [-0.2, 0) is 0 Å². The lowest BCUT2D eigenvalue weighted by atomic mass is 10.0. The van der Waals surface area contributed by atoms with E-state index in [0.717, 1.165) is 16.5 Å². The monoisotopic (exact) mass is 322 g/mol. The number of ether oxygens (including phenoxy) is 1. The van der Waals surface area contributed by atoms with E-state index in [1.165, 1.54) is 12.1 Å². The first-order valence-corrected chi connectivity index (χ1v) is 6.76. The Hall–Kier alpha value is -2.70. The highest BCUT2D eigenvalue weighted by molar-refractivity contribution is 5.92. The van der Waals surface area contributed by atoms with Crippen LogP contribution in [0.15, 0.2) is 47.0 Å². The summed E-state index contributed by atoms with van der Waals surface area (Å²) in [7, 11) is 3.71. The quantitative estimate of drug-likeness (QED) is 0.713. The van der Waals surface area contributed by atoms with Gasteiger partial charge >= 0.3 is 6.36 Å². The number of hydrogen-bond acceptors (Lipinski definition) is 4. The molecule has 7 heteroatoms. The van der Waals surface area contributed by atoms with Gasteiger partial charge in [-0.1, -0.05) is 23.4 Å². The first kappa shape index (κ1) is 15.2. The van der Waals surface area contributed by atoms with Gasteiger partial charge in [0, 0.05) is 14.1 Å². The van der Waals surface area contributed by atoms with Gasteiger partial charge in [0.05, 0.1) is 5.39 Å². The number of alkyl halides is 3. The SMILES string of the molecule is CN(C)c1noc2ccc(-c3ccc(OC(F)(F)F)cc3)cc12. The van der Waals surface area contributed by atoms with Crippen molar-refractivity contribution in [2.45, 2.75) is 6.36 Å². The van der Waals surface area contributed by atoms with Crippen LogP contribution in [-0.4, -0.2) is 25.6 Å². The predicted molar refractivity (Wildman–Crippen MR) is 80.5 cm³/mol. The van der Waals surface area contributed by atoms with Crippen molar-refractivity contribution in [3.05, 3.63) is 42.5 Å². The molecule has 3 aromatic rings. The van der Waals surface area contributed by atoms with Gasteiger partial charge in [0.15, 0.2) is 11.4 Å². The topological polar surface area (TPSA) is 38.5 Å². The number of hydrogen-bond donors (Lipinski definition) is 0. The summed E-state index contributed by atoms with van der Waals surface area (Å²) < 4.78 is 45.6. The number of rotatable bonds is 3. The smallest absolute Gasteiger partial charge is 0.406 e. The molecule has 0 bridgehead atoms. The minimum absolute atomic E-state index is 0.249. The van der Waals surface area contributed by atoms with Crippen LogP contribution >= 0.6 is 0 Å². The first-order valence-electron chi connectivity index (χ1n) is 6.76. The van der Waals surface area contributed by atoms with Gasteiger partial charge in [-0.2, -0.15) is 0 Å². The zero-order chi connectivity index (χ0) is 16.6. The van der Waals surface area contributed by atoms with Crippen LogP contribution in [0.1, 0.15) is 0 Å². The molecule has 0 aliphatic rings. The van der Waals surface area contributed by atoms with Crippen molar-refractivity contribution in [3.8, 4) is 16.9 Å². The minimum Gasteiger partial charge on any atom is -0.406 e. The number of benzene rings is 2. The van der Waals surface area contributed by atoms with Crippen LogP contribution in [0.4, 0.5) is 19.0 Å². The molecule has 120 valence electrons. The molecule has 0 saturated heterocycles. The van der Waals surface area contributed by atoms with Gasteiger partial charge in [-0.25, -0.2) is 0 Å². The Morgan fingerprint density at radius 2 is 1.65 bits per heavy atom. The molecule has 1 heterocycles. The van der Waals surface area contributed by atoms with Crippen LogP contribution in [0.25, 0.3) is 22.1 Å². The average Bonchev–Trinajstić information content (AvgIpc) is 2.89. The highest BCUT2D eigenvalue weighted by Crippen LogP contribution is 2.31. The maximum Gasteiger partial charge on any atom is 0.573 e. The van der Waals surface area contributed by atoms with Gasteiger partial charge in [-0.05, 0) is 35.4 Å². The van der Waals surface area contributed by atoms with E-state index < -0.39 is 6.36 Å². The fraction of sp³-hybridized carbons (Fsp3) is 0.188. The second kappa shape index (κ2) is 5.49. The Morgan fingerprint density at radius 3 is 2.26 bits per heavy atom. The van der Waals surface area contributed by atoms with Crippen molar-refractivity contribution >= 4 is 16.8 Å². The molecular formula is C16H13F3N2O2. The molecule has 2 aromatic carbocycles. The normalized spacial score (nSPS) is 11.7. The number of aromatic nitrogens is 1. The van der Waals surface area contributed by atoms with Crippen molar-refractivity contribution < 1.29 is 22.4 Å². The second-order valence-corrected chi connectivity index (χ2v) is 5.18. The molecule has 0 radical (unpaired) electrons. The van der Waals surface area contributed by atoms with E-state index >= 15 is 0 Å². The van der Waals surface area contributed by atoms with E-state index in [2.05, 4.69) is 9.89 Å². The Morgan fingerprint density at radius 1 is 1.00 bits per heavy atom. The lowest BCUT2D eigenvalue weighted by molar-refractivity contribution is -0.274. The predicted octanol–water partition coefficient (Wildman–Crippen LogP) is 4.46. The van der Waals surface area contributed by atoms with Crippen LogP contribution in [0.5, 0.6) is 5.75 Å². The second-order valence-electron chi connectivity index (χ2n) is 5.18. The van der Waals surface area contributed by atoms with Gasteiger partial charge in [0.1, 0.15) is 5.75 Å². The summed E-state index contributed by atoms with van der Waals surface area (Å²) in [6.07, 6.45) is -4.69. The van der Waals surface area contributed by atoms with Gasteiger partial charge in [0.25, 0.3) is 0 Å². The van der Waals surface area contributed by atoms with Gasteiger partial charge < -0.3 is 14.2 Å². The largest absolute Gasteiger partial charge is 0.573 e. The van der Waals surface area contributed by atoms with E-state index in [1.807, 2.05) is 31.1 Å². The molecule has 0 saturated carbocycles. The maximum absolute atomic E-state index is 12.2. The summed E-state index contributed by atoms with van der Waals surface area (Å²) in [4.78, 5) is 1.83. The molecule has 23 heavy (non-hydrogen) atoms.